The minimum atomic E-state index is -0.585. The highest BCUT2D eigenvalue weighted by molar-refractivity contribution is 5.98. The summed E-state index contributed by atoms with van der Waals surface area (Å²) in [4.78, 5) is 35.2. The molecule has 0 aliphatic carbocycles. The van der Waals surface area contributed by atoms with Gasteiger partial charge in [0.05, 0.1) is 13.2 Å². The first kappa shape index (κ1) is 23.3. The SMILES string of the molecule is COc1c(C)c2c(c(O)c1C/C=C(\C)CCC(=O)OCC(=O)OC(C)C)C(=O)OC2. The number of methoxy groups -OCH3 is 1. The summed E-state index contributed by atoms with van der Waals surface area (Å²) in [6.07, 6.45) is 2.44. The maximum atomic E-state index is 12.0. The van der Waals surface area contributed by atoms with Gasteiger partial charge in [-0.05, 0) is 46.1 Å². The fourth-order valence-corrected chi connectivity index (χ4v) is 3.21. The Kier molecular flexibility index (Phi) is 7.86. The van der Waals surface area contributed by atoms with Gasteiger partial charge >= 0.3 is 17.9 Å². The first-order valence-electron chi connectivity index (χ1n) is 9.74. The second kappa shape index (κ2) is 10.1. The predicted molar refractivity (Wildman–Crippen MR) is 107 cm³/mol. The van der Waals surface area contributed by atoms with Crippen LogP contribution in [-0.2, 0) is 36.8 Å². The van der Waals surface area contributed by atoms with Crippen LogP contribution in [0, 0.1) is 6.92 Å². The van der Waals surface area contributed by atoms with Crippen molar-refractivity contribution in [3.8, 4) is 11.5 Å². The molecule has 0 fully saturated rings. The van der Waals surface area contributed by atoms with Crippen molar-refractivity contribution in [1.82, 2.24) is 0 Å². The fraction of sp³-hybridized carbons (Fsp3) is 0.500. The number of phenols is 1. The quantitative estimate of drug-likeness (QED) is 0.369. The van der Waals surface area contributed by atoms with Crippen LogP contribution in [0.5, 0.6) is 11.5 Å². The number of hydrogen-bond acceptors (Lipinski definition) is 8. The summed E-state index contributed by atoms with van der Waals surface area (Å²) < 4.78 is 20.3. The van der Waals surface area contributed by atoms with Crippen molar-refractivity contribution in [2.45, 2.75) is 59.7 Å². The van der Waals surface area contributed by atoms with Crippen LogP contribution in [0.25, 0.3) is 0 Å². The standard InChI is InChI=1S/C22H28O8/c1-12(2)30-18(24)11-28-17(23)9-7-13(3)6-8-15-20(25)19-16(10-29-22(19)26)14(4)21(15)27-5/h6,12,25H,7-11H2,1-5H3/b13-6+. The lowest BCUT2D eigenvalue weighted by Crippen LogP contribution is -2.19. The number of rotatable bonds is 9. The van der Waals surface area contributed by atoms with Crippen molar-refractivity contribution >= 4 is 17.9 Å². The van der Waals surface area contributed by atoms with E-state index < -0.39 is 24.5 Å². The highest BCUT2D eigenvalue weighted by Crippen LogP contribution is 2.42. The highest BCUT2D eigenvalue weighted by atomic mass is 16.6. The van der Waals surface area contributed by atoms with Gasteiger partial charge in [0.15, 0.2) is 6.61 Å². The molecular formula is C22H28O8. The molecule has 0 bridgehead atoms. The van der Waals surface area contributed by atoms with Gasteiger partial charge in [0, 0.05) is 17.5 Å². The van der Waals surface area contributed by atoms with E-state index in [0.717, 1.165) is 11.1 Å². The largest absolute Gasteiger partial charge is 0.507 e. The molecule has 0 saturated heterocycles. The number of aromatic hydroxyl groups is 1. The molecule has 164 valence electrons. The number of carbonyl (C=O) groups is 3. The first-order chi connectivity index (χ1) is 14.1. The first-order valence-corrected chi connectivity index (χ1v) is 9.74. The Morgan fingerprint density at radius 1 is 1.23 bits per heavy atom. The summed E-state index contributed by atoms with van der Waals surface area (Å²) in [5.41, 5.74) is 2.96. The van der Waals surface area contributed by atoms with Gasteiger partial charge in [0.2, 0.25) is 0 Å². The van der Waals surface area contributed by atoms with Crippen LogP contribution in [0.15, 0.2) is 11.6 Å². The van der Waals surface area contributed by atoms with E-state index in [1.807, 2.05) is 19.9 Å². The van der Waals surface area contributed by atoms with E-state index in [2.05, 4.69) is 0 Å². The van der Waals surface area contributed by atoms with Crippen LogP contribution in [-0.4, -0.2) is 42.8 Å². The van der Waals surface area contributed by atoms with E-state index in [4.69, 9.17) is 18.9 Å². The van der Waals surface area contributed by atoms with Crippen LogP contribution in [0.3, 0.4) is 0 Å². The third kappa shape index (κ3) is 5.52. The molecule has 0 amide bonds. The minimum Gasteiger partial charge on any atom is -0.507 e. The maximum Gasteiger partial charge on any atom is 0.344 e. The van der Waals surface area contributed by atoms with Crippen molar-refractivity contribution in [3.63, 3.8) is 0 Å². The maximum absolute atomic E-state index is 12.0. The Morgan fingerprint density at radius 3 is 2.57 bits per heavy atom. The van der Waals surface area contributed by atoms with E-state index >= 15 is 0 Å². The Balaban J connectivity index is 2.00. The highest BCUT2D eigenvalue weighted by Gasteiger charge is 2.31. The number of cyclic esters (lactones) is 1. The third-order valence-corrected chi connectivity index (χ3v) is 4.74. The minimum absolute atomic E-state index is 0.107. The molecule has 8 heteroatoms. The van der Waals surface area contributed by atoms with Gasteiger partial charge in [0.25, 0.3) is 0 Å². The van der Waals surface area contributed by atoms with E-state index in [-0.39, 0.29) is 30.4 Å². The molecule has 1 aliphatic heterocycles. The molecule has 0 saturated carbocycles. The molecule has 1 N–H and O–H groups in total. The molecule has 0 aromatic heterocycles. The zero-order valence-electron chi connectivity index (χ0n) is 18.0. The summed E-state index contributed by atoms with van der Waals surface area (Å²) in [7, 11) is 1.51. The Bertz CT molecular complexity index is 867. The summed E-state index contributed by atoms with van der Waals surface area (Å²) in [5, 5.41) is 10.6. The van der Waals surface area contributed by atoms with Gasteiger partial charge < -0.3 is 24.1 Å². The van der Waals surface area contributed by atoms with Gasteiger partial charge in [-0.3, -0.25) is 4.79 Å². The van der Waals surface area contributed by atoms with E-state index in [1.54, 1.807) is 13.8 Å². The van der Waals surface area contributed by atoms with Gasteiger partial charge in [-0.25, -0.2) is 9.59 Å². The van der Waals surface area contributed by atoms with Crippen LogP contribution < -0.4 is 4.74 Å². The van der Waals surface area contributed by atoms with Crippen molar-refractivity contribution in [3.05, 3.63) is 33.9 Å². The molecular weight excluding hydrogens is 392 g/mol. The van der Waals surface area contributed by atoms with Crippen molar-refractivity contribution in [1.29, 1.82) is 0 Å². The monoisotopic (exact) mass is 420 g/mol. The number of esters is 3. The molecule has 2 rings (SSSR count). The van der Waals surface area contributed by atoms with Gasteiger partial charge in [0.1, 0.15) is 23.7 Å². The van der Waals surface area contributed by atoms with Crippen LogP contribution in [0.1, 0.15) is 60.7 Å². The van der Waals surface area contributed by atoms with Crippen molar-refractivity contribution in [2.24, 2.45) is 0 Å². The molecule has 1 aromatic rings. The number of allylic oxidation sites excluding steroid dienone is 2. The van der Waals surface area contributed by atoms with Gasteiger partial charge in [-0.2, -0.15) is 0 Å². The molecule has 1 aliphatic rings. The molecule has 0 spiro atoms. The lowest BCUT2D eigenvalue weighted by molar-refractivity contribution is -0.161. The third-order valence-electron chi connectivity index (χ3n) is 4.74. The summed E-state index contributed by atoms with van der Waals surface area (Å²) in [6.45, 7) is 6.80. The molecule has 1 aromatic carbocycles. The normalized spacial score (nSPS) is 13.1. The number of fused-ring (bicyclic) bond motifs is 1. The number of benzene rings is 1. The van der Waals surface area contributed by atoms with Gasteiger partial charge in [-0.1, -0.05) is 11.6 Å². The number of ether oxygens (including phenoxy) is 4. The molecule has 30 heavy (non-hydrogen) atoms. The zero-order chi connectivity index (χ0) is 22.4. The summed E-state index contributed by atoms with van der Waals surface area (Å²) >= 11 is 0. The smallest absolute Gasteiger partial charge is 0.344 e. The average molecular weight is 420 g/mol. The zero-order valence-corrected chi connectivity index (χ0v) is 18.0. The van der Waals surface area contributed by atoms with Crippen LogP contribution in [0.2, 0.25) is 0 Å². The van der Waals surface area contributed by atoms with Crippen molar-refractivity contribution in [2.75, 3.05) is 13.7 Å². The Labute approximate surface area is 175 Å². The molecule has 8 nitrogen and oxygen atoms in total. The number of phenolic OH excluding ortho intramolecular Hbond substituents is 1. The Hall–Kier alpha value is -3.03. The summed E-state index contributed by atoms with van der Waals surface area (Å²) in [5.74, 6) is -1.26. The van der Waals surface area contributed by atoms with Crippen LogP contribution in [0.4, 0.5) is 0 Å². The van der Waals surface area contributed by atoms with Crippen LogP contribution >= 0.6 is 0 Å². The summed E-state index contributed by atoms with van der Waals surface area (Å²) in [6, 6.07) is 0. The molecule has 0 unspecified atom stereocenters. The van der Waals surface area contributed by atoms with Crippen molar-refractivity contribution < 1.29 is 38.4 Å². The lowest BCUT2D eigenvalue weighted by Gasteiger charge is -2.15. The average Bonchev–Trinajstić information content (AvgIpc) is 3.07. The molecule has 0 atom stereocenters. The second-order valence-electron chi connectivity index (χ2n) is 7.37. The fourth-order valence-electron chi connectivity index (χ4n) is 3.21. The molecule has 1 heterocycles. The number of carbonyl (C=O) groups excluding carboxylic acids is 3. The van der Waals surface area contributed by atoms with E-state index in [0.29, 0.717) is 29.7 Å². The second-order valence-corrected chi connectivity index (χ2v) is 7.37. The predicted octanol–water partition coefficient (Wildman–Crippen LogP) is 3.14. The Morgan fingerprint density at radius 2 is 1.93 bits per heavy atom. The van der Waals surface area contributed by atoms with E-state index in [9.17, 15) is 19.5 Å². The topological polar surface area (TPSA) is 108 Å². The lowest BCUT2D eigenvalue weighted by atomic mass is 9.94. The van der Waals surface area contributed by atoms with E-state index in [1.165, 1.54) is 7.11 Å². The number of hydrogen-bond donors (Lipinski definition) is 1. The van der Waals surface area contributed by atoms with Gasteiger partial charge in [-0.15, -0.1) is 0 Å². The molecule has 0 radical (unpaired) electrons.